The van der Waals surface area contributed by atoms with E-state index in [0.29, 0.717) is 30.1 Å². The number of hydrogen-bond acceptors (Lipinski definition) is 6. The minimum absolute atomic E-state index is 0.0138. The lowest BCUT2D eigenvalue weighted by Crippen LogP contribution is -2.56. The Bertz CT molecular complexity index is 918. The SMILES string of the molecule is CCCC(C)NC(=O)C(c1cccc(O)c1)N(C(=O)C(CCSC)NC(=O)OC(C)(C)C)C(C)CCC(C)C. The summed E-state index contributed by atoms with van der Waals surface area (Å²) in [7, 11) is 0. The van der Waals surface area contributed by atoms with Gasteiger partial charge in [0.25, 0.3) is 0 Å². The lowest BCUT2D eigenvalue weighted by molar-refractivity contribution is -0.145. The van der Waals surface area contributed by atoms with Crippen LogP contribution in [-0.2, 0) is 14.3 Å². The van der Waals surface area contributed by atoms with Crippen molar-refractivity contribution in [2.75, 3.05) is 12.0 Å². The van der Waals surface area contributed by atoms with Crippen molar-refractivity contribution < 1.29 is 24.2 Å². The number of thioether (sulfide) groups is 1. The summed E-state index contributed by atoms with van der Waals surface area (Å²) >= 11 is 1.57. The van der Waals surface area contributed by atoms with Crippen molar-refractivity contribution in [3.8, 4) is 5.75 Å². The van der Waals surface area contributed by atoms with Gasteiger partial charge in [0.15, 0.2) is 0 Å². The highest BCUT2D eigenvalue weighted by molar-refractivity contribution is 7.98. The van der Waals surface area contributed by atoms with E-state index in [9.17, 15) is 19.5 Å². The molecule has 0 aliphatic rings. The van der Waals surface area contributed by atoms with Crippen LogP contribution in [0.3, 0.4) is 0 Å². The minimum atomic E-state index is -0.983. The first-order valence-electron chi connectivity index (χ1n) is 14.1. The Morgan fingerprint density at radius 2 is 1.69 bits per heavy atom. The molecule has 1 aromatic carbocycles. The molecule has 0 aromatic heterocycles. The van der Waals surface area contributed by atoms with E-state index in [0.717, 1.165) is 19.3 Å². The number of phenolic OH excluding ortho intramolecular Hbond substituents is 1. The third kappa shape index (κ3) is 12.5. The van der Waals surface area contributed by atoms with Gasteiger partial charge in [-0.1, -0.05) is 39.3 Å². The molecule has 0 aliphatic heterocycles. The molecule has 9 heteroatoms. The van der Waals surface area contributed by atoms with E-state index in [-0.39, 0.29) is 29.6 Å². The van der Waals surface area contributed by atoms with Crippen LogP contribution in [0.5, 0.6) is 5.75 Å². The van der Waals surface area contributed by atoms with Crippen LogP contribution in [0.1, 0.15) is 99.1 Å². The average molecular weight is 566 g/mol. The number of phenols is 1. The molecule has 3 amide bonds. The van der Waals surface area contributed by atoms with Crippen LogP contribution in [-0.4, -0.2) is 63.6 Å². The number of rotatable bonds is 15. The van der Waals surface area contributed by atoms with E-state index < -0.39 is 23.8 Å². The van der Waals surface area contributed by atoms with Gasteiger partial charge in [-0.15, -0.1) is 0 Å². The fraction of sp³-hybridized carbons (Fsp3) is 0.700. The third-order valence-electron chi connectivity index (χ3n) is 6.31. The Morgan fingerprint density at radius 3 is 2.23 bits per heavy atom. The summed E-state index contributed by atoms with van der Waals surface area (Å²) in [6, 6.07) is 4.24. The van der Waals surface area contributed by atoms with E-state index in [2.05, 4.69) is 31.4 Å². The predicted octanol–water partition coefficient (Wildman–Crippen LogP) is 6.04. The molecule has 0 fully saturated rings. The van der Waals surface area contributed by atoms with Crippen molar-refractivity contribution in [3.05, 3.63) is 29.8 Å². The van der Waals surface area contributed by atoms with E-state index >= 15 is 0 Å². The zero-order valence-corrected chi connectivity index (χ0v) is 26.2. The Morgan fingerprint density at radius 1 is 1.03 bits per heavy atom. The topological polar surface area (TPSA) is 108 Å². The van der Waals surface area contributed by atoms with Crippen molar-refractivity contribution in [2.24, 2.45) is 5.92 Å². The van der Waals surface area contributed by atoms with Crippen molar-refractivity contribution in [2.45, 2.75) is 117 Å². The van der Waals surface area contributed by atoms with Gasteiger partial charge in [0, 0.05) is 12.1 Å². The standard InChI is InChI=1S/C30H51N3O5S/c1-10-12-21(4)31-27(35)26(23-13-11-14-24(34)19-23)33(22(5)16-15-20(2)3)28(36)25(17-18-39-9)32-29(37)38-30(6,7)8/h11,13-14,19-22,25-26,34H,10,12,15-18H2,1-9H3,(H,31,35)(H,32,37). The molecule has 0 heterocycles. The molecule has 0 radical (unpaired) electrons. The maximum absolute atomic E-state index is 14.4. The van der Waals surface area contributed by atoms with E-state index in [4.69, 9.17) is 4.74 Å². The Labute approximate surface area is 240 Å². The van der Waals surface area contributed by atoms with Gasteiger partial charge >= 0.3 is 6.09 Å². The van der Waals surface area contributed by atoms with E-state index in [1.165, 1.54) is 12.1 Å². The molecular formula is C30H51N3O5S. The number of ether oxygens (including phenoxy) is 1. The predicted molar refractivity (Wildman–Crippen MR) is 160 cm³/mol. The zero-order valence-electron chi connectivity index (χ0n) is 25.4. The number of hydrogen-bond donors (Lipinski definition) is 3. The molecule has 8 nitrogen and oxygen atoms in total. The first-order valence-corrected chi connectivity index (χ1v) is 15.5. The highest BCUT2D eigenvalue weighted by atomic mass is 32.2. The van der Waals surface area contributed by atoms with Crippen LogP contribution < -0.4 is 10.6 Å². The molecule has 4 atom stereocenters. The van der Waals surface area contributed by atoms with Crippen molar-refractivity contribution in [1.29, 1.82) is 0 Å². The van der Waals surface area contributed by atoms with Gasteiger partial charge in [-0.3, -0.25) is 9.59 Å². The first kappa shape index (κ1) is 34.6. The van der Waals surface area contributed by atoms with E-state index in [1.54, 1.807) is 49.6 Å². The van der Waals surface area contributed by atoms with Gasteiger partial charge < -0.3 is 25.4 Å². The Hall–Kier alpha value is -2.42. The second-order valence-electron chi connectivity index (χ2n) is 11.7. The van der Waals surface area contributed by atoms with Crippen LogP contribution in [0.2, 0.25) is 0 Å². The smallest absolute Gasteiger partial charge is 0.408 e. The molecule has 1 aromatic rings. The third-order valence-corrected chi connectivity index (χ3v) is 6.96. The largest absolute Gasteiger partial charge is 0.508 e. The molecule has 0 bridgehead atoms. The summed E-state index contributed by atoms with van der Waals surface area (Å²) in [5, 5.41) is 16.1. The number of carbonyl (C=O) groups is 3. The second kappa shape index (κ2) is 16.6. The lowest BCUT2D eigenvalue weighted by atomic mass is 9.96. The summed E-state index contributed by atoms with van der Waals surface area (Å²) in [6.45, 7) is 15.5. The number of nitrogens with zero attached hydrogens (tertiary/aromatic N) is 1. The first-order chi connectivity index (χ1) is 18.2. The molecule has 0 saturated heterocycles. The molecule has 0 saturated carbocycles. The number of amides is 3. The normalized spacial score (nSPS) is 14.7. The number of nitrogens with one attached hydrogen (secondary N) is 2. The van der Waals surface area contributed by atoms with E-state index in [1.807, 2.05) is 20.1 Å². The quantitative estimate of drug-likeness (QED) is 0.239. The molecular weight excluding hydrogens is 514 g/mol. The van der Waals surface area contributed by atoms with Crippen LogP contribution in [0.25, 0.3) is 0 Å². The van der Waals surface area contributed by atoms with Crippen LogP contribution in [0.4, 0.5) is 4.79 Å². The molecule has 3 N–H and O–H groups in total. The van der Waals surface area contributed by atoms with Crippen LogP contribution in [0.15, 0.2) is 24.3 Å². The average Bonchev–Trinajstić information content (AvgIpc) is 2.81. The van der Waals surface area contributed by atoms with Crippen molar-refractivity contribution in [1.82, 2.24) is 15.5 Å². The summed E-state index contributed by atoms with van der Waals surface area (Å²) in [4.78, 5) is 42.6. The summed E-state index contributed by atoms with van der Waals surface area (Å²) in [6.07, 6.45) is 4.89. The molecule has 1 rings (SSSR count). The van der Waals surface area contributed by atoms with Gasteiger partial charge in [-0.05, 0) is 95.9 Å². The maximum atomic E-state index is 14.4. The fourth-order valence-electron chi connectivity index (χ4n) is 4.40. The summed E-state index contributed by atoms with van der Waals surface area (Å²) in [5.41, 5.74) is -0.206. The number of carbonyl (C=O) groups excluding carboxylic acids is 3. The Balaban J connectivity index is 3.60. The monoisotopic (exact) mass is 565 g/mol. The summed E-state index contributed by atoms with van der Waals surface area (Å²) < 4.78 is 5.47. The highest BCUT2D eigenvalue weighted by Gasteiger charge is 2.39. The van der Waals surface area contributed by atoms with Gasteiger partial charge in [0.1, 0.15) is 23.4 Å². The molecule has 222 valence electrons. The fourth-order valence-corrected chi connectivity index (χ4v) is 4.87. The van der Waals surface area contributed by atoms with Gasteiger partial charge in [0.2, 0.25) is 11.8 Å². The number of benzene rings is 1. The number of alkyl carbamates (subject to hydrolysis) is 1. The second-order valence-corrected chi connectivity index (χ2v) is 12.7. The lowest BCUT2D eigenvalue weighted by Gasteiger charge is -2.39. The van der Waals surface area contributed by atoms with Crippen molar-refractivity contribution >= 4 is 29.7 Å². The van der Waals surface area contributed by atoms with Crippen LogP contribution >= 0.6 is 11.8 Å². The summed E-state index contributed by atoms with van der Waals surface area (Å²) in [5.74, 6) is 0.399. The molecule has 0 spiro atoms. The Kier molecular flexibility index (Phi) is 14.8. The minimum Gasteiger partial charge on any atom is -0.508 e. The van der Waals surface area contributed by atoms with Gasteiger partial charge in [0.05, 0.1) is 0 Å². The van der Waals surface area contributed by atoms with Crippen molar-refractivity contribution in [3.63, 3.8) is 0 Å². The van der Waals surface area contributed by atoms with Crippen LogP contribution in [0, 0.1) is 5.92 Å². The van der Waals surface area contributed by atoms with Gasteiger partial charge in [-0.2, -0.15) is 11.8 Å². The van der Waals surface area contributed by atoms with Gasteiger partial charge in [-0.25, -0.2) is 4.79 Å². The molecule has 4 unspecified atom stereocenters. The highest BCUT2D eigenvalue weighted by Crippen LogP contribution is 2.30. The number of aromatic hydroxyl groups is 1. The molecule has 0 aliphatic carbocycles. The molecule has 39 heavy (non-hydrogen) atoms. The zero-order chi connectivity index (χ0) is 29.8. The maximum Gasteiger partial charge on any atom is 0.408 e.